The van der Waals surface area contributed by atoms with Gasteiger partial charge in [0.2, 0.25) is 0 Å². The summed E-state index contributed by atoms with van der Waals surface area (Å²) in [6.07, 6.45) is 4.31. The zero-order chi connectivity index (χ0) is 15.7. The highest BCUT2D eigenvalue weighted by atomic mass is 16.3. The van der Waals surface area contributed by atoms with E-state index in [1.807, 2.05) is 12.3 Å². The number of ketones is 1. The van der Waals surface area contributed by atoms with Gasteiger partial charge in [-0.2, -0.15) is 0 Å². The Morgan fingerprint density at radius 3 is 2.55 bits per heavy atom. The van der Waals surface area contributed by atoms with E-state index in [1.165, 1.54) is 0 Å². The van der Waals surface area contributed by atoms with Gasteiger partial charge in [0.15, 0.2) is 5.78 Å². The van der Waals surface area contributed by atoms with Crippen molar-refractivity contribution in [2.45, 2.75) is 26.8 Å². The molecule has 0 unspecified atom stereocenters. The lowest BCUT2D eigenvalue weighted by atomic mass is 9.99. The van der Waals surface area contributed by atoms with Gasteiger partial charge in [-0.05, 0) is 43.7 Å². The van der Waals surface area contributed by atoms with E-state index >= 15 is 0 Å². The van der Waals surface area contributed by atoms with E-state index < -0.39 is 0 Å². The van der Waals surface area contributed by atoms with E-state index in [0.717, 1.165) is 35.1 Å². The molecule has 0 radical (unpaired) electrons. The normalized spacial score (nSPS) is 11.0. The summed E-state index contributed by atoms with van der Waals surface area (Å²) in [4.78, 5) is 17.2. The second kappa shape index (κ2) is 5.64. The summed E-state index contributed by atoms with van der Waals surface area (Å²) in [6, 6.07) is 8.30. The number of pyridine rings is 1. The van der Waals surface area contributed by atoms with Crippen LogP contribution < -0.4 is 0 Å². The van der Waals surface area contributed by atoms with Gasteiger partial charge in [-0.3, -0.25) is 9.78 Å². The number of aryl methyl sites for hydroxylation is 1. The number of hydrogen-bond donors (Lipinski definition) is 1. The number of rotatable bonds is 4. The minimum atomic E-state index is -0.0137. The molecule has 4 nitrogen and oxygen atoms in total. The Morgan fingerprint density at radius 2 is 1.91 bits per heavy atom. The van der Waals surface area contributed by atoms with Crippen LogP contribution in [0.2, 0.25) is 0 Å². The third-order valence-electron chi connectivity index (χ3n) is 3.98. The molecular weight excluding hydrogens is 276 g/mol. The van der Waals surface area contributed by atoms with Crippen molar-refractivity contribution in [2.75, 3.05) is 0 Å². The Hall–Kier alpha value is -2.62. The largest absolute Gasteiger partial charge is 0.508 e. The Kier molecular flexibility index (Phi) is 3.67. The van der Waals surface area contributed by atoms with E-state index in [9.17, 15) is 9.90 Å². The molecule has 0 atom stereocenters. The van der Waals surface area contributed by atoms with Crippen molar-refractivity contribution in [1.29, 1.82) is 0 Å². The molecule has 3 aromatic rings. The number of carbonyl (C=O) groups is 1. The number of benzene rings is 1. The molecule has 2 heterocycles. The van der Waals surface area contributed by atoms with Crippen LogP contribution in [0.25, 0.3) is 10.9 Å². The average molecular weight is 294 g/mol. The smallest absolute Gasteiger partial charge is 0.195 e. The van der Waals surface area contributed by atoms with Crippen molar-refractivity contribution >= 4 is 16.7 Å². The predicted octanol–water partition coefficient (Wildman–Crippen LogP) is 3.56. The molecule has 0 saturated carbocycles. The number of hydrogen-bond acceptors (Lipinski definition) is 3. The first kappa shape index (κ1) is 14.3. The Labute approximate surface area is 129 Å². The molecule has 4 heteroatoms. The van der Waals surface area contributed by atoms with E-state index in [2.05, 4.69) is 23.4 Å². The number of carbonyl (C=O) groups excluding carboxylic acids is 1. The van der Waals surface area contributed by atoms with Crippen LogP contribution in [0.15, 0.2) is 42.7 Å². The molecular formula is C18H18N2O2. The molecule has 112 valence electrons. The molecule has 0 fully saturated rings. The van der Waals surface area contributed by atoms with Crippen molar-refractivity contribution in [3.8, 4) is 5.75 Å². The molecule has 0 amide bonds. The van der Waals surface area contributed by atoms with E-state index in [1.54, 1.807) is 30.5 Å². The molecule has 1 aromatic carbocycles. The first-order valence-corrected chi connectivity index (χ1v) is 7.46. The van der Waals surface area contributed by atoms with Gasteiger partial charge in [0.1, 0.15) is 5.75 Å². The summed E-state index contributed by atoms with van der Waals surface area (Å²) >= 11 is 0. The van der Waals surface area contributed by atoms with Crippen LogP contribution in [0.5, 0.6) is 5.75 Å². The van der Waals surface area contributed by atoms with Crippen molar-refractivity contribution < 1.29 is 9.90 Å². The van der Waals surface area contributed by atoms with E-state index in [-0.39, 0.29) is 11.5 Å². The molecule has 22 heavy (non-hydrogen) atoms. The summed E-state index contributed by atoms with van der Waals surface area (Å²) < 4.78 is 2.15. The summed E-state index contributed by atoms with van der Waals surface area (Å²) in [7, 11) is 0. The van der Waals surface area contributed by atoms with Crippen LogP contribution >= 0.6 is 0 Å². The Balaban J connectivity index is 2.25. The Bertz CT molecular complexity index is 832. The van der Waals surface area contributed by atoms with Gasteiger partial charge in [0.05, 0.1) is 17.3 Å². The van der Waals surface area contributed by atoms with E-state index in [0.29, 0.717) is 5.56 Å². The zero-order valence-corrected chi connectivity index (χ0v) is 12.7. The van der Waals surface area contributed by atoms with Crippen LogP contribution in [0.4, 0.5) is 0 Å². The van der Waals surface area contributed by atoms with Gasteiger partial charge in [-0.1, -0.05) is 6.92 Å². The second-order valence-corrected chi connectivity index (χ2v) is 5.19. The molecule has 2 aromatic heterocycles. The number of phenolic OH excluding ortho intramolecular Hbond substituents is 1. The van der Waals surface area contributed by atoms with Crippen molar-refractivity contribution in [3.05, 3.63) is 59.5 Å². The second-order valence-electron chi connectivity index (χ2n) is 5.19. The third kappa shape index (κ3) is 2.17. The standard InChI is InChI=1S/C18H18N2O2/c1-3-15-17(18(22)12-5-7-13(21)8-6-12)14-9-10-19-11-16(14)20(15)4-2/h5-11,21H,3-4H2,1-2H3. The van der Waals surface area contributed by atoms with Crippen LogP contribution in [0, 0.1) is 0 Å². The number of fused-ring (bicyclic) bond motifs is 1. The average Bonchev–Trinajstić information content (AvgIpc) is 2.88. The van der Waals surface area contributed by atoms with Crippen LogP contribution in [-0.2, 0) is 13.0 Å². The summed E-state index contributed by atoms with van der Waals surface area (Å²) in [5.74, 6) is 0.146. The van der Waals surface area contributed by atoms with Gasteiger partial charge in [0.25, 0.3) is 0 Å². The van der Waals surface area contributed by atoms with E-state index in [4.69, 9.17) is 0 Å². The highest BCUT2D eigenvalue weighted by Crippen LogP contribution is 2.28. The minimum Gasteiger partial charge on any atom is -0.508 e. The monoisotopic (exact) mass is 294 g/mol. The Morgan fingerprint density at radius 1 is 1.18 bits per heavy atom. The van der Waals surface area contributed by atoms with Gasteiger partial charge < -0.3 is 9.67 Å². The maximum atomic E-state index is 13.0. The number of nitrogens with zero attached hydrogens (tertiary/aromatic N) is 2. The topological polar surface area (TPSA) is 55.1 Å². The highest BCUT2D eigenvalue weighted by Gasteiger charge is 2.21. The van der Waals surface area contributed by atoms with Crippen molar-refractivity contribution in [2.24, 2.45) is 0 Å². The molecule has 0 aliphatic heterocycles. The minimum absolute atomic E-state index is 0.0137. The van der Waals surface area contributed by atoms with Gasteiger partial charge >= 0.3 is 0 Å². The van der Waals surface area contributed by atoms with Gasteiger partial charge in [-0.15, -0.1) is 0 Å². The van der Waals surface area contributed by atoms with Crippen LogP contribution in [0.3, 0.4) is 0 Å². The third-order valence-corrected chi connectivity index (χ3v) is 3.98. The SMILES string of the molecule is CCc1c(C(=O)c2ccc(O)cc2)c2ccncc2n1CC. The maximum absolute atomic E-state index is 13.0. The fraction of sp³-hybridized carbons (Fsp3) is 0.222. The summed E-state index contributed by atoms with van der Waals surface area (Å²) in [5.41, 5.74) is 3.35. The summed E-state index contributed by atoms with van der Waals surface area (Å²) in [6.45, 7) is 4.93. The zero-order valence-electron chi connectivity index (χ0n) is 12.7. The molecule has 3 rings (SSSR count). The number of aromatic nitrogens is 2. The number of phenols is 1. The quantitative estimate of drug-likeness (QED) is 0.749. The predicted molar refractivity (Wildman–Crippen MR) is 86.3 cm³/mol. The number of aromatic hydroxyl groups is 1. The van der Waals surface area contributed by atoms with Gasteiger partial charge in [0, 0.05) is 29.4 Å². The lowest BCUT2D eigenvalue weighted by Crippen LogP contribution is -2.07. The van der Waals surface area contributed by atoms with Crippen molar-refractivity contribution in [3.63, 3.8) is 0 Å². The first-order chi connectivity index (χ1) is 10.7. The molecule has 0 bridgehead atoms. The first-order valence-electron chi connectivity index (χ1n) is 7.46. The molecule has 0 spiro atoms. The van der Waals surface area contributed by atoms with Crippen LogP contribution in [0.1, 0.15) is 35.5 Å². The molecule has 0 saturated heterocycles. The summed E-state index contributed by atoms with van der Waals surface area (Å²) in [5, 5.41) is 10.3. The van der Waals surface area contributed by atoms with Gasteiger partial charge in [-0.25, -0.2) is 0 Å². The highest BCUT2D eigenvalue weighted by molar-refractivity contribution is 6.17. The fourth-order valence-electron chi connectivity index (χ4n) is 2.99. The lowest BCUT2D eigenvalue weighted by molar-refractivity contribution is 0.103. The molecule has 0 aliphatic carbocycles. The van der Waals surface area contributed by atoms with Crippen LogP contribution in [-0.4, -0.2) is 20.4 Å². The maximum Gasteiger partial charge on any atom is 0.195 e. The fourth-order valence-corrected chi connectivity index (χ4v) is 2.99. The molecule has 0 aliphatic rings. The lowest BCUT2D eigenvalue weighted by Gasteiger charge is -2.07. The molecule has 1 N–H and O–H groups in total. The van der Waals surface area contributed by atoms with Crippen molar-refractivity contribution in [1.82, 2.24) is 9.55 Å².